The van der Waals surface area contributed by atoms with Gasteiger partial charge in [-0.2, -0.15) is 0 Å². The quantitative estimate of drug-likeness (QED) is 0.158. The highest BCUT2D eigenvalue weighted by Crippen LogP contribution is 2.51. The predicted octanol–water partition coefficient (Wildman–Crippen LogP) is 13.1. The summed E-state index contributed by atoms with van der Waals surface area (Å²) in [6.45, 7) is 21.1. The summed E-state index contributed by atoms with van der Waals surface area (Å²) in [5, 5.41) is 10.9. The molecule has 0 spiro atoms. The first kappa shape index (κ1) is 27.7. The summed E-state index contributed by atoms with van der Waals surface area (Å²) in [6.07, 6.45) is 0. The first-order valence-electron chi connectivity index (χ1n) is 17.0. The number of aromatic nitrogens is 2. The molecule has 0 saturated heterocycles. The fourth-order valence-electron chi connectivity index (χ4n) is 8.43. The number of benzene rings is 5. The molecule has 5 heterocycles. The van der Waals surface area contributed by atoms with Crippen LogP contribution in [0.15, 0.2) is 78.9 Å². The summed E-state index contributed by atoms with van der Waals surface area (Å²) in [6, 6.07) is 31.0. The van der Waals surface area contributed by atoms with Crippen molar-refractivity contribution >= 4 is 96.9 Å². The standard InChI is InChI=1S/C44H40N2S/c1-42(2,3)23-14-16-33-28(18-23)30-20-24(43(4,5)6)19-29-26-15-17-34-36(39(26)45(33)37(29)30)31-21-25(44(7,8)9)22-32-38(31)46(34)40-27-12-10-11-13-35(27)47-41(32)40/h10-22H,1-9H3. The molecular weight excluding hydrogens is 589 g/mol. The van der Waals surface area contributed by atoms with Gasteiger partial charge in [-0.3, -0.25) is 0 Å². The molecule has 47 heavy (non-hydrogen) atoms. The summed E-state index contributed by atoms with van der Waals surface area (Å²) >= 11 is 1.94. The molecule has 0 unspecified atom stereocenters. The minimum atomic E-state index is 0.0256. The third-order valence-corrected chi connectivity index (χ3v) is 12.2. The lowest BCUT2D eigenvalue weighted by atomic mass is 9.84. The highest BCUT2D eigenvalue weighted by atomic mass is 32.1. The average molecular weight is 629 g/mol. The lowest BCUT2D eigenvalue weighted by Crippen LogP contribution is -2.11. The molecule has 5 aromatic carbocycles. The van der Waals surface area contributed by atoms with E-state index in [0.717, 1.165) is 0 Å². The van der Waals surface area contributed by atoms with Crippen molar-refractivity contribution in [2.45, 2.75) is 78.6 Å². The van der Waals surface area contributed by atoms with E-state index in [-0.39, 0.29) is 16.2 Å². The Hall–Kier alpha value is -4.34. The largest absolute Gasteiger partial charge is 0.307 e. The van der Waals surface area contributed by atoms with Crippen molar-refractivity contribution in [2.75, 3.05) is 0 Å². The molecule has 0 aliphatic rings. The first-order valence-corrected chi connectivity index (χ1v) is 17.9. The van der Waals surface area contributed by atoms with Gasteiger partial charge in [-0.1, -0.05) is 92.6 Å². The van der Waals surface area contributed by atoms with E-state index in [1.54, 1.807) is 0 Å². The number of hydrogen-bond acceptors (Lipinski definition) is 1. The zero-order valence-corrected chi connectivity index (χ0v) is 29.6. The maximum atomic E-state index is 2.62. The van der Waals surface area contributed by atoms with Crippen molar-refractivity contribution in [1.29, 1.82) is 0 Å². The second-order valence-electron chi connectivity index (χ2n) is 17.1. The molecule has 232 valence electrons. The van der Waals surface area contributed by atoms with Crippen LogP contribution in [-0.2, 0) is 16.2 Å². The molecule has 10 aromatic rings. The monoisotopic (exact) mass is 628 g/mol. The van der Waals surface area contributed by atoms with Crippen LogP contribution < -0.4 is 0 Å². The van der Waals surface area contributed by atoms with E-state index < -0.39 is 0 Å². The first-order chi connectivity index (χ1) is 22.2. The Labute approximate surface area is 278 Å². The molecule has 0 aliphatic carbocycles. The van der Waals surface area contributed by atoms with Gasteiger partial charge in [0.1, 0.15) is 0 Å². The number of nitrogens with zero attached hydrogens (tertiary/aromatic N) is 2. The van der Waals surface area contributed by atoms with Crippen LogP contribution in [0.5, 0.6) is 0 Å². The molecule has 0 radical (unpaired) electrons. The van der Waals surface area contributed by atoms with Gasteiger partial charge in [0.25, 0.3) is 0 Å². The van der Waals surface area contributed by atoms with E-state index in [1.165, 1.54) is 102 Å². The van der Waals surface area contributed by atoms with Crippen LogP contribution in [-0.4, -0.2) is 8.80 Å². The highest BCUT2D eigenvalue weighted by Gasteiger charge is 2.29. The molecule has 0 atom stereocenters. The van der Waals surface area contributed by atoms with Gasteiger partial charge >= 0.3 is 0 Å². The smallest absolute Gasteiger partial charge is 0.0728 e. The second kappa shape index (κ2) is 8.38. The van der Waals surface area contributed by atoms with E-state index >= 15 is 0 Å². The van der Waals surface area contributed by atoms with Gasteiger partial charge in [-0.05, 0) is 81.5 Å². The Morgan fingerprint density at radius 3 is 1.68 bits per heavy atom. The summed E-state index contributed by atoms with van der Waals surface area (Å²) in [7, 11) is 0. The van der Waals surface area contributed by atoms with E-state index in [0.29, 0.717) is 0 Å². The summed E-state index contributed by atoms with van der Waals surface area (Å²) in [5.74, 6) is 0. The molecule has 0 bridgehead atoms. The lowest BCUT2D eigenvalue weighted by molar-refractivity contribution is 0.590. The minimum absolute atomic E-state index is 0.0256. The van der Waals surface area contributed by atoms with Crippen molar-refractivity contribution < 1.29 is 0 Å². The highest BCUT2D eigenvalue weighted by molar-refractivity contribution is 7.26. The Balaban J connectivity index is 1.51. The van der Waals surface area contributed by atoms with Crippen LogP contribution in [0.2, 0.25) is 0 Å². The average Bonchev–Trinajstić information content (AvgIpc) is 3.78. The van der Waals surface area contributed by atoms with Crippen molar-refractivity contribution in [3.8, 4) is 0 Å². The van der Waals surface area contributed by atoms with Crippen molar-refractivity contribution in [3.05, 3.63) is 95.6 Å². The number of fused-ring (bicyclic) bond motifs is 15. The van der Waals surface area contributed by atoms with Crippen LogP contribution in [0.25, 0.3) is 85.6 Å². The molecule has 5 aromatic heterocycles. The van der Waals surface area contributed by atoms with Crippen LogP contribution >= 0.6 is 11.3 Å². The molecule has 0 aliphatic heterocycles. The van der Waals surface area contributed by atoms with Crippen molar-refractivity contribution in [1.82, 2.24) is 8.80 Å². The fourth-order valence-corrected chi connectivity index (χ4v) is 9.63. The maximum absolute atomic E-state index is 2.62. The van der Waals surface area contributed by atoms with E-state index in [1.807, 2.05) is 11.3 Å². The normalized spacial score (nSPS) is 14.1. The van der Waals surface area contributed by atoms with E-state index in [9.17, 15) is 0 Å². The van der Waals surface area contributed by atoms with Gasteiger partial charge in [-0.25, -0.2) is 0 Å². The van der Waals surface area contributed by atoms with E-state index in [4.69, 9.17) is 0 Å². The number of rotatable bonds is 0. The zero-order chi connectivity index (χ0) is 32.5. The van der Waals surface area contributed by atoms with Crippen molar-refractivity contribution in [3.63, 3.8) is 0 Å². The Kier molecular flexibility index (Phi) is 4.95. The molecule has 0 N–H and O–H groups in total. The summed E-state index contributed by atoms with van der Waals surface area (Å²) < 4.78 is 7.99. The summed E-state index contributed by atoms with van der Waals surface area (Å²) in [4.78, 5) is 0. The molecule has 0 amide bonds. The van der Waals surface area contributed by atoms with Gasteiger partial charge in [-0.15, -0.1) is 11.3 Å². The zero-order valence-electron chi connectivity index (χ0n) is 28.8. The van der Waals surface area contributed by atoms with Gasteiger partial charge in [0.05, 0.1) is 37.8 Å². The molecular formula is C44H40N2S. The van der Waals surface area contributed by atoms with Crippen molar-refractivity contribution in [2.24, 2.45) is 0 Å². The van der Waals surface area contributed by atoms with E-state index in [2.05, 4.69) is 150 Å². The SMILES string of the molecule is CC(C)(C)c1ccc2c(c1)c1cc(C(C)(C)C)cc3c4ccc5c(c6cc(C(C)(C)C)cc7c8sc9ccccc9c8n5c76)c4n2c13. The van der Waals surface area contributed by atoms with Gasteiger partial charge in [0.2, 0.25) is 0 Å². The fraction of sp³-hybridized carbons (Fsp3) is 0.273. The molecule has 3 heteroatoms. The Bertz CT molecular complexity index is 2940. The minimum Gasteiger partial charge on any atom is -0.307 e. The predicted molar refractivity (Wildman–Crippen MR) is 207 cm³/mol. The van der Waals surface area contributed by atoms with Crippen LogP contribution in [0.4, 0.5) is 0 Å². The Morgan fingerprint density at radius 2 is 0.979 bits per heavy atom. The summed E-state index contributed by atoms with van der Waals surface area (Å²) in [5.41, 5.74) is 12.3. The van der Waals surface area contributed by atoms with Crippen LogP contribution in [0.3, 0.4) is 0 Å². The van der Waals surface area contributed by atoms with Gasteiger partial charge < -0.3 is 8.80 Å². The molecule has 10 rings (SSSR count). The van der Waals surface area contributed by atoms with Gasteiger partial charge in [0.15, 0.2) is 0 Å². The molecule has 0 saturated carbocycles. The molecule has 0 fully saturated rings. The third-order valence-electron chi connectivity index (χ3n) is 11.0. The molecule has 2 nitrogen and oxygen atoms in total. The van der Waals surface area contributed by atoms with Crippen LogP contribution in [0.1, 0.15) is 79.0 Å². The lowest BCUT2D eigenvalue weighted by Gasteiger charge is -2.20. The number of thiophene rings is 1. The third kappa shape index (κ3) is 3.41. The number of hydrogen-bond donors (Lipinski definition) is 0. The topological polar surface area (TPSA) is 8.82 Å². The van der Waals surface area contributed by atoms with Gasteiger partial charge in [0, 0.05) is 47.8 Å². The maximum Gasteiger partial charge on any atom is 0.0728 e. The Morgan fingerprint density at radius 1 is 0.426 bits per heavy atom. The van der Waals surface area contributed by atoms with Crippen LogP contribution in [0, 0.1) is 0 Å². The second-order valence-corrected chi connectivity index (χ2v) is 18.2.